The lowest BCUT2D eigenvalue weighted by atomic mass is 10.0. The number of hydrogen-bond donors (Lipinski definition) is 2. The highest BCUT2D eigenvalue weighted by atomic mass is 19.1. The van der Waals surface area contributed by atoms with E-state index in [-0.39, 0.29) is 11.5 Å². The molecule has 2 amide bonds. The van der Waals surface area contributed by atoms with Crippen LogP contribution in [0.15, 0.2) is 42.7 Å². The second-order valence-corrected chi connectivity index (χ2v) is 8.50. The Labute approximate surface area is 180 Å². The highest BCUT2D eigenvalue weighted by Gasteiger charge is 2.39. The number of hydrogen-bond acceptors (Lipinski definition) is 4. The number of nitrogens with one attached hydrogen (secondary N) is 1. The van der Waals surface area contributed by atoms with Crippen molar-refractivity contribution in [2.75, 3.05) is 19.4 Å². The minimum absolute atomic E-state index is 0.0921. The molecule has 1 fully saturated rings. The molecule has 2 heterocycles. The lowest BCUT2D eigenvalue weighted by Gasteiger charge is -2.26. The maximum absolute atomic E-state index is 14.9. The molecule has 0 saturated heterocycles. The van der Waals surface area contributed by atoms with Gasteiger partial charge in [-0.05, 0) is 49.9 Å². The highest BCUT2D eigenvalue weighted by molar-refractivity contribution is 6.02. The molecular weight excluding hydrogens is 397 g/mol. The summed E-state index contributed by atoms with van der Waals surface area (Å²) in [6.07, 6.45) is 5.13. The van der Waals surface area contributed by atoms with E-state index in [1.165, 1.54) is 11.1 Å². The Balaban J connectivity index is 1.80. The molecular formula is C23H26FN5O2. The van der Waals surface area contributed by atoms with Gasteiger partial charge in [0.2, 0.25) is 0 Å². The van der Waals surface area contributed by atoms with Crippen molar-refractivity contribution in [3.8, 4) is 11.1 Å². The van der Waals surface area contributed by atoms with E-state index in [4.69, 9.17) is 5.73 Å². The smallest absolute Gasteiger partial charge is 0.253 e. The van der Waals surface area contributed by atoms with Crippen LogP contribution in [0.5, 0.6) is 0 Å². The molecule has 4 rings (SSSR count). The van der Waals surface area contributed by atoms with Crippen LogP contribution in [-0.4, -0.2) is 52.1 Å². The third kappa shape index (κ3) is 3.85. The molecule has 162 valence electrons. The molecule has 0 unspecified atom stereocenters. The van der Waals surface area contributed by atoms with Crippen LogP contribution in [0, 0.1) is 0 Å². The van der Waals surface area contributed by atoms with Crippen molar-refractivity contribution in [3.63, 3.8) is 0 Å². The van der Waals surface area contributed by atoms with Crippen LogP contribution in [0.4, 0.5) is 10.1 Å². The molecule has 2 aromatic heterocycles. The number of nitrogens with zero attached hydrogens (tertiary/aromatic N) is 3. The minimum atomic E-state index is -1.37. The van der Waals surface area contributed by atoms with Gasteiger partial charge in [0, 0.05) is 31.4 Å². The summed E-state index contributed by atoms with van der Waals surface area (Å²) in [6.45, 7) is 1.58. The topological polar surface area (TPSA) is 92.7 Å². The van der Waals surface area contributed by atoms with Crippen LogP contribution in [0.1, 0.15) is 46.9 Å². The Bertz CT molecular complexity index is 1170. The molecule has 3 aromatic rings. The van der Waals surface area contributed by atoms with Gasteiger partial charge in [0.15, 0.2) is 0 Å². The molecule has 31 heavy (non-hydrogen) atoms. The third-order valence-corrected chi connectivity index (χ3v) is 5.96. The maximum atomic E-state index is 14.9. The van der Waals surface area contributed by atoms with Gasteiger partial charge < -0.3 is 16.0 Å². The molecule has 2 atom stereocenters. The van der Waals surface area contributed by atoms with Gasteiger partial charge in [-0.15, -0.1) is 0 Å². The van der Waals surface area contributed by atoms with Crippen LogP contribution in [0.3, 0.4) is 0 Å². The number of anilines is 1. The summed E-state index contributed by atoms with van der Waals surface area (Å²) in [6, 6.07) is 8.75. The van der Waals surface area contributed by atoms with Crippen LogP contribution in [-0.2, 0) is 0 Å². The first kappa shape index (κ1) is 20.8. The number of halogens is 1. The van der Waals surface area contributed by atoms with E-state index in [2.05, 4.69) is 10.4 Å². The number of benzene rings is 1. The summed E-state index contributed by atoms with van der Waals surface area (Å²) in [5.74, 6) is -0.719. The maximum Gasteiger partial charge on any atom is 0.253 e. The molecule has 0 radical (unpaired) electrons. The second kappa shape index (κ2) is 7.68. The fourth-order valence-corrected chi connectivity index (χ4v) is 4.17. The van der Waals surface area contributed by atoms with E-state index in [1.807, 2.05) is 30.5 Å². The SMILES string of the molecule is CN(C)C(=O)c1cccc(-c2cc3c(N[C@@H]4CCC[C@]4(C)F)c(C(N)=O)cnn3c2)c1. The van der Waals surface area contributed by atoms with E-state index < -0.39 is 17.6 Å². The van der Waals surface area contributed by atoms with Crippen molar-refractivity contribution in [3.05, 3.63) is 53.9 Å². The first-order valence-corrected chi connectivity index (χ1v) is 10.3. The number of carbonyl (C=O) groups excluding carboxylic acids is 2. The summed E-state index contributed by atoms with van der Waals surface area (Å²) >= 11 is 0. The van der Waals surface area contributed by atoms with E-state index in [9.17, 15) is 14.0 Å². The van der Waals surface area contributed by atoms with Gasteiger partial charge in [-0.25, -0.2) is 8.91 Å². The predicted molar refractivity (Wildman–Crippen MR) is 118 cm³/mol. The number of amides is 2. The summed E-state index contributed by atoms with van der Waals surface area (Å²) < 4.78 is 16.5. The van der Waals surface area contributed by atoms with Crippen molar-refractivity contribution in [1.29, 1.82) is 0 Å². The number of aromatic nitrogens is 2. The number of rotatable bonds is 5. The third-order valence-electron chi connectivity index (χ3n) is 5.96. The van der Waals surface area contributed by atoms with Gasteiger partial charge in [0.05, 0.1) is 29.0 Å². The van der Waals surface area contributed by atoms with Gasteiger partial charge >= 0.3 is 0 Å². The fraction of sp³-hybridized carbons (Fsp3) is 0.348. The Morgan fingerprint density at radius 3 is 2.71 bits per heavy atom. The van der Waals surface area contributed by atoms with Gasteiger partial charge in [0.25, 0.3) is 11.8 Å². The molecule has 1 aliphatic rings. The zero-order chi connectivity index (χ0) is 22.3. The van der Waals surface area contributed by atoms with Crippen molar-refractivity contribution in [2.24, 2.45) is 5.73 Å². The van der Waals surface area contributed by atoms with Gasteiger partial charge in [-0.1, -0.05) is 12.1 Å². The molecule has 0 bridgehead atoms. The highest BCUT2D eigenvalue weighted by Crippen LogP contribution is 2.37. The first-order chi connectivity index (χ1) is 14.7. The number of fused-ring (bicyclic) bond motifs is 1. The largest absolute Gasteiger partial charge is 0.377 e. The van der Waals surface area contributed by atoms with Gasteiger partial charge in [-0.2, -0.15) is 5.10 Å². The van der Waals surface area contributed by atoms with E-state index in [0.29, 0.717) is 29.6 Å². The van der Waals surface area contributed by atoms with Crippen LogP contribution in [0.2, 0.25) is 0 Å². The number of nitrogens with two attached hydrogens (primary N) is 1. The number of carbonyl (C=O) groups is 2. The normalized spacial score (nSPS) is 20.7. The fourth-order valence-electron chi connectivity index (χ4n) is 4.17. The quantitative estimate of drug-likeness (QED) is 0.657. The van der Waals surface area contributed by atoms with Gasteiger partial charge in [0.1, 0.15) is 5.67 Å². The van der Waals surface area contributed by atoms with E-state index in [0.717, 1.165) is 17.5 Å². The molecule has 7 nitrogen and oxygen atoms in total. The van der Waals surface area contributed by atoms with E-state index in [1.54, 1.807) is 31.6 Å². The zero-order valence-electron chi connectivity index (χ0n) is 17.9. The molecule has 3 N–H and O–H groups in total. The molecule has 1 aliphatic carbocycles. The van der Waals surface area contributed by atoms with Crippen molar-refractivity contribution < 1.29 is 14.0 Å². The minimum Gasteiger partial charge on any atom is -0.377 e. The summed E-state index contributed by atoms with van der Waals surface area (Å²) in [5.41, 5.74) is 7.76. The molecule has 1 saturated carbocycles. The Morgan fingerprint density at radius 1 is 1.29 bits per heavy atom. The number of alkyl halides is 1. The Kier molecular flexibility index (Phi) is 5.16. The molecule has 8 heteroatoms. The Morgan fingerprint density at radius 2 is 2.06 bits per heavy atom. The van der Waals surface area contributed by atoms with Gasteiger partial charge in [-0.3, -0.25) is 9.59 Å². The Hall–Kier alpha value is -3.42. The van der Waals surface area contributed by atoms with Crippen LogP contribution >= 0.6 is 0 Å². The van der Waals surface area contributed by atoms with Crippen molar-refractivity contribution >= 4 is 23.0 Å². The zero-order valence-corrected chi connectivity index (χ0v) is 17.9. The standard InChI is InChI=1S/C23H26FN5O2/c1-23(24)9-5-8-19(23)27-20-17(21(25)30)12-26-29-13-16(11-18(20)29)14-6-4-7-15(10-14)22(31)28(2)3/h4,6-7,10-13,19,27H,5,8-9H2,1-3H3,(H2,25,30)/t19-,23+/m1/s1. The summed E-state index contributed by atoms with van der Waals surface area (Å²) in [5, 5.41) is 7.55. The molecule has 0 spiro atoms. The van der Waals surface area contributed by atoms with Crippen molar-refractivity contribution in [1.82, 2.24) is 14.5 Å². The monoisotopic (exact) mass is 423 g/mol. The lowest BCUT2D eigenvalue weighted by molar-refractivity contribution is 0.0827. The summed E-state index contributed by atoms with van der Waals surface area (Å²) in [4.78, 5) is 25.9. The van der Waals surface area contributed by atoms with Crippen LogP contribution in [0.25, 0.3) is 16.6 Å². The summed E-state index contributed by atoms with van der Waals surface area (Å²) in [7, 11) is 3.41. The lowest BCUT2D eigenvalue weighted by Crippen LogP contribution is -2.36. The molecule has 0 aliphatic heterocycles. The second-order valence-electron chi connectivity index (χ2n) is 8.50. The molecule has 1 aromatic carbocycles. The van der Waals surface area contributed by atoms with Crippen LogP contribution < -0.4 is 11.1 Å². The average Bonchev–Trinajstić information content (AvgIpc) is 3.30. The first-order valence-electron chi connectivity index (χ1n) is 10.3. The number of primary amides is 1. The van der Waals surface area contributed by atoms with E-state index >= 15 is 0 Å². The average molecular weight is 423 g/mol. The van der Waals surface area contributed by atoms with Crippen molar-refractivity contribution in [2.45, 2.75) is 37.9 Å². The predicted octanol–water partition coefficient (Wildman–Crippen LogP) is 3.49.